The lowest BCUT2D eigenvalue weighted by Crippen LogP contribution is -2.12. The fourth-order valence-electron chi connectivity index (χ4n) is 1.99. The standard InChI is InChI=1S/C14H13F3O2S/c15-14(16,17)20-12-8-4-3-7-11(12)19-13(18)9-10-5-1-2-6-10/h1,3-5,7-8,10H,2,6,9H2/t10-/m0/s1. The molecule has 108 valence electrons. The van der Waals surface area contributed by atoms with Gasteiger partial charge in [-0.3, -0.25) is 4.79 Å². The maximum absolute atomic E-state index is 12.4. The molecule has 0 spiro atoms. The molecule has 1 aliphatic rings. The van der Waals surface area contributed by atoms with E-state index in [1.165, 1.54) is 18.2 Å². The second-order valence-corrected chi connectivity index (χ2v) is 5.55. The molecule has 0 bridgehead atoms. The van der Waals surface area contributed by atoms with Gasteiger partial charge >= 0.3 is 11.5 Å². The van der Waals surface area contributed by atoms with Crippen molar-refractivity contribution in [1.29, 1.82) is 0 Å². The van der Waals surface area contributed by atoms with E-state index in [9.17, 15) is 18.0 Å². The van der Waals surface area contributed by atoms with Crippen molar-refractivity contribution < 1.29 is 22.7 Å². The lowest BCUT2D eigenvalue weighted by atomic mass is 10.1. The summed E-state index contributed by atoms with van der Waals surface area (Å²) in [6, 6.07) is 5.68. The van der Waals surface area contributed by atoms with Crippen molar-refractivity contribution in [2.75, 3.05) is 0 Å². The molecule has 1 aliphatic carbocycles. The highest BCUT2D eigenvalue weighted by atomic mass is 32.2. The summed E-state index contributed by atoms with van der Waals surface area (Å²) in [6.45, 7) is 0. The largest absolute Gasteiger partial charge is 0.446 e. The van der Waals surface area contributed by atoms with Crippen LogP contribution in [0.2, 0.25) is 0 Å². The van der Waals surface area contributed by atoms with E-state index in [1.807, 2.05) is 12.2 Å². The third-order valence-corrected chi connectivity index (χ3v) is 3.63. The first-order valence-electron chi connectivity index (χ1n) is 6.16. The van der Waals surface area contributed by atoms with Gasteiger partial charge in [-0.15, -0.1) is 0 Å². The molecule has 0 aromatic heterocycles. The summed E-state index contributed by atoms with van der Waals surface area (Å²) in [6.07, 6.45) is 5.94. The Kier molecular flexibility index (Phi) is 4.75. The van der Waals surface area contributed by atoms with Crippen LogP contribution in [0.5, 0.6) is 5.75 Å². The van der Waals surface area contributed by atoms with E-state index >= 15 is 0 Å². The van der Waals surface area contributed by atoms with E-state index in [-0.39, 0.29) is 34.7 Å². The molecule has 0 radical (unpaired) electrons. The zero-order chi connectivity index (χ0) is 14.6. The molecule has 1 aromatic carbocycles. The first-order chi connectivity index (χ1) is 9.44. The Bertz CT molecular complexity index is 511. The predicted molar refractivity (Wildman–Crippen MR) is 70.5 cm³/mol. The average molecular weight is 302 g/mol. The highest BCUT2D eigenvalue weighted by Crippen LogP contribution is 2.41. The first-order valence-corrected chi connectivity index (χ1v) is 6.98. The number of ether oxygens (including phenoxy) is 1. The number of benzene rings is 1. The van der Waals surface area contributed by atoms with Crippen molar-refractivity contribution in [1.82, 2.24) is 0 Å². The zero-order valence-corrected chi connectivity index (χ0v) is 11.3. The van der Waals surface area contributed by atoms with Crippen molar-refractivity contribution in [3.8, 4) is 5.75 Å². The Hall–Kier alpha value is -1.43. The van der Waals surface area contributed by atoms with Gasteiger partial charge in [0.1, 0.15) is 5.75 Å². The van der Waals surface area contributed by atoms with Crippen LogP contribution in [0.3, 0.4) is 0 Å². The normalized spacial score (nSPS) is 18.2. The molecule has 2 nitrogen and oxygen atoms in total. The summed E-state index contributed by atoms with van der Waals surface area (Å²) in [7, 11) is 0. The minimum Gasteiger partial charge on any atom is -0.425 e. The van der Waals surface area contributed by atoms with E-state index in [0.717, 1.165) is 12.8 Å². The van der Waals surface area contributed by atoms with Crippen LogP contribution in [0.4, 0.5) is 13.2 Å². The van der Waals surface area contributed by atoms with Gasteiger partial charge in [0, 0.05) is 0 Å². The molecule has 0 amide bonds. The van der Waals surface area contributed by atoms with Crippen molar-refractivity contribution in [2.45, 2.75) is 29.7 Å². The third kappa shape index (κ3) is 4.59. The molecule has 0 unspecified atom stereocenters. The Labute approximate surface area is 119 Å². The smallest absolute Gasteiger partial charge is 0.425 e. The molecule has 1 atom stereocenters. The van der Waals surface area contributed by atoms with Crippen LogP contribution in [0, 0.1) is 5.92 Å². The van der Waals surface area contributed by atoms with Crippen molar-refractivity contribution in [3.05, 3.63) is 36.4 Å². The highest BCUT2D eigenvalue weighted by molar-refractivity contribution is 8.00. The number of esters is 1. The van der Waals surface area contributed by atoms with Crippen LogP contribution in [0.1, 0.15) is 19.3 Å². The number of carbonyl (C=O) groups excluding carboxylic acids is 1. The summed E-state index contributed by atoms with van der Waals surface area (Å²) in [5.74, 6) is -0.413. The van der Waals surface area contributed by atoms with Gasteiger partial charge in [0.05, 0.1) is 11.3 Å². The Morgan fingerprint density at radius 2 is 2.10 bits per heavy atom. The topological polar surface area (TPSA) is 26.3 Å². The summed E-state index contributed by atoms with van der Waals surface area (Å²) < 4.78 is 42.3. The fourth-order valence-corrected chi connectivity index (χ4v) is 2.59. The summed E-state index contributed by atoms with van der Waals surface area (Å²) >= 11 is -0.279. The second kappa shape index (κ2) is 6.35. The van der Waals surface area contributed by atoms with E-state index in [0.29, 0.717) is 0 Å². The van der Waals surface area contributed by atoms with Crippen molar-refractivity contribution in [2.24, 2.45) is 5.92 Å². The van der Waals surface area contributed by atoms with Gasteiger partial charge in [-0.2, -0.15) is 13.2 Å². The molecule has 0 aliphatic heterocycles. The molecule has 6 heteroatoms. The number of hydrogen-bond acceptors (Lipinski definition) is 3. The molecular formula is C14H13F3O2S. The van der Waals surface area contributed by atoms with Crippen LogP contribution in [-0.4, -0.2) is 11.5 Å². The SMILES string of the molecule is O=C(C[C@H]1C=CCC1)Oc1ccccc1SC(F)(F)F. The quantitative estimate of drug-likeness (QED) is 0.353. The predicted octanol–water partition coefficient (Wildman–Crippen LogP) is 4.56. The molecule has 0 heterocycles. The Morgan fingerprint density at radius 3 is 2.75 bits per heavy atom. The van der Waals surface area contributed by atoms with Gasteiger partial charge < -0.3 is 4.74 Å². The lowest BCUT2D eigenvalue weighted by Gasteiger charge is -2.12. The van der Waals surface area contributed by atoms with E-state index in [4.69, 9.17) is 4.74 Å². The van der Waals surface area contributed by atoms with Crippen molar-refractivity contribution in [3.63, 3.8) is 0 Å². The Balaban J connectivity index is 2.01. The van der Waals surface area contributed by atoms with Gasteiger partial charge in [-0.05, 0) is 42.7 Å². The molecular weight excluding hydrogens is 289 g/mol. The van der Waals surface area contributed by atoms with Crippen LogP contribution in [-0.2, 0) is 4.79 Å². The Morgan fingerprint density at radius 1 is 1.35 bits per heavy atom. The number of alkyl halides is 3. The molecule has 20 heavy (non-hydrogen) atoms. The number of carbonyl (C=O) groups is 1. The number of thioether (sulfide) groups is 1. The summed E-state index contributed by atoms with van der Waals surface area (Å²) in [5.41, 5.74) is -4.41. The van der Waals surface area contributed by atoms with Crippen LogP contribution in [0.15, 0.2) is 41.3 Å². The minimum absolute atomic E-state index is 0.0400. The number of rotatable bonds is 4. The maximum atomic E-state index is 12.4. The maximum Gasteiger partial charge on any atom is 0.446 e. The molecule has 0 saturated heterocycles. The third-order valence-electron chi connectivity index (χ3n) is 2.84. The minimum atomic E-state index is -4.41. The van der Waals surface area contributed by atoms with Gasteiger partial charge in [-0.1, -0.05) is 24.3 Å². The molecule has 0 N–H and O–H groups in total. The number of halogens is 3. The van der Waals surface area contributed by atoms with Gasteiger partial charge in [0.2, 0.25) is 0 Å². The number of allylic oxidation sites excluding steroid dienone is 2. The van der Waals surface area contributed by atoms with Crippen LogP contribution >= 0.6 is 11.8 Å². The monoisotopic (exact) mass is 302 g/mol. The lowest BCUT2D eigenvalue weighted by molar-refractivity contribution is -0.135. The van der Waals surface area contributed by atoms with Gasteiger partial charge in [0.25, 0.3) is 0 Å². The van der Waals surface area contributed by atoms with Crippen LogP contribution < -0.4 is 4.74 Å². The van der Waals surface area contributed by atoms with E-state index in [1.54, 1.807) is 6.07 Å². The second-order valence-electron chi connectivity index (χ2n) is 4.44. The van der Waals surface area contributed by atoms with E-state index in [2.05, 4.69) is 0 Å². The van der Waals surface area contributed by atoms with Gasteiger partial charge in [-0.25, -0.2) is 0 Å². The van der Waals surface area contributed by atoms with Gasteiger partial charge in [0.15, 0.2) is 0 Å². The number of para-hydroxylation sites is 1. The summed E-state index contributed by atoms with van der Waals surface area (Å²) in [4.78, 5) is 11.6. The average Bonchev–Trinajstić information content (AvgIpc) is 2.82. The first kappa shape index (κ1) is 15.0. The summed E-state index contributed by atoms with van der Waals surface area (Å²) in [5, 5.41) is 0. The molecule has 1 aromatic rings. The van der Waals surface area contributed by atoms with Crippen molar-refractivity contribution >= 4 is 17.7 Å². The molecule has 2 rings (SSSR count). The molecule has 0 saturated carbocycles. The fraction of sp³-hybridized carbons (Fsp3) is 0.357. The number of hydrogen-bond donors (Lipinski definition) is 0. The highest BCUT2D eigenvalue weighted by Gasteiger charge is 2.31. The zero-order valence-electron chi connectivity index (χ0n) is 10.5. The van der Waals surface area contributed by atoms with E-state index < -0.39 is 11.5 Å². The van der Waals surface area contributed by atoms with Crippen LogP contribution in [0.25, 0.3) is 0 Å². The molecule has 0 fully saturated rings.